The third kappa shape index (κ3) is 4.45. The first kappa shape index (κ1) is 15.3. The summed E-state index contributed by atoms with van der Waals surface area (Å²) < 4.78 is 37.4. The minimum absolute atomic E-state index is 0.194. The SMILES string of the molecule is CCN(CC(F)(F)F)c1ccc(CNC)cc1C#N. The molecule has 0 amide bonds. The van der Waals surface area contributed by atoms with Gasteiger partial charge in [0.2, 0.25) is 0 Å². The number of hydrogen-bond acceptors (Lipinski definition) is 3. The normalized spacial score (nSPS) is 11.2. The van der Waals surface area contributed by atoms with E-state index in [1.54, 1.807) is 32.2 Å². The predicted molar refractivity (Wildman–Crippen MR) is 67.9 cm³/mol. The monoisotopic (exact) mass is 271 g/mol. The molecule has 1 aromatic rings. The largest absolute Gasteiger partial charge is 0.405 e. The Balaban J connectivity index is 3.07. The quantitative estimate of drug-likeness (QED) is 0.895. The first-order valence-corrected chi connectivity index (χ1v) is 5.90. The van der Waals surface area contributed by atoms with E-state index >= 15 is 0 Å². The third-order valence-corrected chi connectivity index (χ3v) is 2.65. The molecule has 0 aliphatic heterocycles. The molecule has 1 N–H and O–H groups in total. The molecule has 0 saturated carbocycles. The second-order valence-corrected chi connectivity index (χ2v) is 4.12. The number of nitriles is 1. The molecule has 0 fully saturated rings. The zero-order valence-corrected chi connectivity index (χ0v) is 10.9. The van der Waals surface area contributed by atoms with E-state index in [2.05, 4.69) is 5.32 Å². The van der Waals surface area contributed by atoms with Gasteiger partial charge in [-0.15, -0.1) is 0 Å². The van der Waals surface area contributed by atoms with Gasteiger partial charge in [0.15, 0.2) is 0 Å². The number of halogens is 3. The van der Waals surface area contributed by atoms with Gasteiger partial charge in [0.05, 0.1) is 11.3 Å². The summed E-state index contributed by atoms with van der Waals surface area (Å²) in [6, 6.07) is 6.87. The van der Waals surface area contributed by atoms with Gasteiger partial charge in [-0.05, 0) is 31.7 Å². The van der Waals surface area contributed by atoms with Crippen molar-refractivity contribution in [2.75, 3.05) is 25.0 Å². The summed E-state index contributed by atoms with van der Waals surface area (Å²) in [7, 11) is 1.77. The Morgan fingerprint density at radius 3 is 2.53 bits per heavy atom. The Hall–Kier alpha value is -1.74. The molecule has 3 nitrogen and oxygen atoms in total. The molecule has 0 spiro atoms. The molecule has 0 atom stereocenters. The van der Waals surface area contributed by atoms with Crippen LogP contribution in [0.4, 0.5) is 18.9 Å². The second kappa shape index (κ2) is 6.43. The zero-order chi connectivity index (χ0) is 14.5. The van der Waals surface area contributed by atoms with Crippen LogP contribution in [0, 0.1) is 11.3 Å². The van der Waals surface area contributed by atoms with E-state index in [-0.39, 0.29) is 12.1 Å². The van der Waals surface area contributed by atoms with E-state index < -0.39 is 12.7 Å². The molecule has 0 unspecified atom stereocenters. The highest BCUT2D eigenvalue weighted by molar-refractivity contribution is 5.60. The standard InChI is InChI=1S/C13H16F3N3/c1-3-19(9-13(14,15)16)12-5-4-10(8-18-2)6-11(12)7-17/h4-6,18H,3,8-9H2,1-2H3. The number of anilines is 1. The lowest BCUT2D eigenvalue weighted by molar-refractivity contribution is -0.119. The van der Waals surface area contributed by atoms with Crippen LogP contribution in [-0.4, -0.2) is 26.3 Å². The summed E-state index contributed by atoms with van der Waals surface area (Å²) in [5.41, 5.74) is 1.45. The Morgan fingerprint density at radius 2 is 2.05 bits per heavy atom. The van der Waals surface area contributed by atoms with Crippen molar-refractivity contribution < 1.29 is 13.2 Å². The van der Waals surface area contributed by atoms with E-state index in [0.717, 1.165) is 10.5 Å². The van der Waals surface area contributed by atoms with Crippen LogP contribution >= 0.6 is 0 Å². The third-order valence-electron chi connectivity index (χ3n) is 2.65. The van der Waals surface area contributed by atoms with E-state index in [0.29, 0.717) is 12.2 Å². The molecule has 1 aromatic carbocycles. The van der Waals surface area contributed by atoms with Gasteiger partial charge in [-0.3, -0.25) is 0 Å². The minimum atomic E-state index is -4.29. The van der Waals surface area contributed by atoms with Gasteiger partial charge in [-0.25, -0.2) is 0 Å². The summed E-state index contributed by atoms with van der Waals surface area (Å²) >= 11 is 0. The van der Waals surface area contributed by atoms with Gasteiger partial charge in [0.25, 0.3) is 0 Å². The van der Waals surface area contributed by atoms with Crippen molar-refractivity contribution >= 4 is 5.69 Å². The van der Waals surface area contributed by atoms with Gasteiger partial charge in [-0.1, -0.05) is 6.07 Å². The van der Waals surface area contributed by atoms with Gasteiger partial charge in [-0.2, -0.15) is 18.4 Å². The minimum Gasteiger partial charge on any atom is -0.362 e. The van der Waals surface area contributed by atoms with Gasteiger partial charge in [0, 0.05) is 13.1 Å². The lowest BCUT2D eigenvalue weighted by Gasteiger charge is -2.25. The summed E-state index contributed by atoms with van der Waals surface area (Å²) in [5.74, 6) is 0. The van der Waals surface area contributed by atoms with Crippen molar-refractivity contribution in [2.45, 2.75) is 19.6 Å². The van der Waals surface area contributed by atoms with Crippen LogP contribution in [0.5, 0.6) is 0 Å². The number of alkyl halides is 3. The molecule has 0 radical (unpaired) electrons. The molecule has 19 heavy (non-hydrogen) atoms. The highest BCUT2D eigenvalue weighted by Gasteiger charge is 2.31. The molecular weight excluding hydrogens is 255 g/mol. The van der Waals surface area contributed by atoms with Gasteiger partial charge < -0.3 is 10.2 Å². The second-order valence-electron chi connectivity index (χ2n) is 4.12. The van der Waals surface area contributed by atoms with Crippen LogP contribution in [0.1, 0.15) is 18.1 Å². The molecule has 104 valence electrons. The van der Waals surface area contributed by atoms with Crippen molar-refractivity contribution in [3.05, 3.63) is 29.3 Å². The van der Waals surface area contributed by atoms with E-state index in [1.165, 1.54) is 0 Å². The summed E-state index contributed by atoms with van der Waals surface area (Å²) in [6.45, 7) is 1.35. The molecule has 6 heteroatoms. The van der Waals surface area contributed by atoms with Crippen molar-refractivity contribution in [1.82, 2.24) is 5.32 Å². The number of nitrogens with zero attached hydrogens (tertiary/aromatic N) is 2. The highest BCUT2D eigenvalue weighted by Crippen LogP contribution is 2.25. The molecular formula is C13H16F3N3. The predicted octanol–water partition coefficient (Wildman–Crippen LogP) is 2.67. The van der Waals surface area contributed by atoms with Crippen LogP contribution in [0.15, 0.2) is 18.2 Å². The molecule has 0 aromatic heterocycles. The average molecular weight is 271 g/mol. The van der Waals surface area contributed by atoms with Gasteiger partial charge >= 0.3 is 6.18 Å². The van der Waals surface area contributed by atoms with E-state index in [4.69, 9.17) is 5.26 Å². The molecule has 0 aliphatic rings. The smallest absolute Gasteiger partial charge is 0.362 e. The lowest BCUT2D eigenvalue weighted by Crippen LogP contribution is -2.34. The fourth-order valence-corrected chi connectivity index (χ4v) is 1.85. The molecule has 1 rings (SSSR count). The highest BCUT2D eigenvalue weighted by atomic mass is 19.4. The topological polar surface area (TPSA) is 39.1 Å². The number of nitrogens with one attached hydrogen (secondary N) is 1. The molecule has 0 bridgehead atoms. The lowest BCUT2D eigenvalue weighted by atomic mass is 10.1. The Bertz CT molecular complexity index is 463. The Morgan fingerprint density at radius 1 is 1.37 bits per heavy atom. The zero-order valence-electron chi connectivity index (χ0n) is 10.9. The van der Waals surface area contributed by atoms with Crippen LogP contribution in [0.3, 0.4) is 0 Å². The van der Waals surface area contributed by atoms with E-state index in [9.17, 15) is 13.2 Å². The maximum absolute atomic E-state index is 12.5. The fraction of sp³-hybridized carbons (Fsp3) is 0.462. The summed E-state index contributed by atoms with van der Waals surface area (Å²) in [4.78, 5) is 1.15. The van der Waals surface area contributed by atoms with Crippen molar-refractivity contribution in [3.8, 4) is 6.07 Å². The Kier molecular flexibility index (Phi) is 5.19. The fourth-order valence-electron chi connectivity index (χ4n) is 1.85. The Labute approximate surface area is 110 Å². The van der Waals surface area contributed by atoms with Crippen LogP contribution in [-0.2, 0) is 6.54 Å². The van der Waals surface area contributed by atoms with Crippen LogP contribution in [0.25, 0.3) is 0 Å². The van der Waals surface area contributed by atoms with Crippen molar-refractivity contribution in [2.24, 2.45) is 0 Å². The first-order chi connectivity index (χ1) is 8.91. The molecule has 0 saturated heterocycles. The summed E-state index contributed by atoms with van der Waals surface area (Å²) in [6.07, 6.45) is -4.29. The molecule has 0 aliphatic carbocycles. The summed E-state index contributed by atoms with van der Waals surface area (Å²) in [5, 5.41) is 12.0. The maximum atomic E-state index is 12.5. The molecule has 0 heterocycles. The number of benzene rings is 1. The van der Waals surface area contributed by atoms with Crippen molar-refractivity contribution in [1.29, 1.82) is 5.26 Å². The van der Waals surface area contributed by atoms with Crippen molar-refractivity contribution in [3.63, 3.8) is 0 Å². The number of rotatable bonds is 5. The van der Waals surface area contributed by atoms with Crippen LogP contribution in [0.2, 0.25) is 0 Å². The van der Waals surface area contributed by atoms with E-state index in [1.807, 2.05) is 6.07 Å². The van der Waals surface area contributed by atoms with Gasteiger partial charge in [0.1, 0.15) is 12.6 Å². The first-order valence-electron chi connectivity index (χ1n) is 5.90. The number of hydrogen-bond donors (Lipinski definition) is 1. The average Bonchev–Trinajstić information content (AvgIpc) is 2.35. The maximum Gasteiger partial charge on any atom is 0.405 e. The van der Waals surface area contributed by atoms with Crippen LogP contribution < -0.4 is 10.2 Å².